The maximum atomic E-state index is 7.18. The lowest BCUT2D eigenvalue weighted by Crippen LogP contribution is -2.03. The van der Waals surface area contributed by atoms with Crippen molar-refractivity contribution in [3.63, 3.8) is 0 Å². The minimum absolute atomic E-state index is 0.294. The summed E-state index contributed by atoms with van der Waals surface area (Å²) in [7, 11) is 0. The van der Waals surface area contributed by atoms with E-state index in [1.807, 2.05) is 0 Å². The van der Waals surface area contributed by atoms with E-state index in [0.29, 0.717) is 43.8 Å². The Morgan fingerprint density at radius 1 is 0.333 bits per heavy atom. The first kappa shape index (κ1) is 26.2. The van der Waals surface area contributed by atoms with E-state index in [4.69, 9.17) is 46.4 Å². The zero-order chi connectivity index (χ0) is 26.4. The Hall–Kier alpha value is -1.44. The fourth-order valence-electron chi connectivity index (χ4n) is 6.06. The number of hydrogen-bond donors (Lipinski definition) is 0. The number of benzene rings is 5. The molecular weight excluding hydrogens is 526 g/mol. The van der Waals surface area contributed by atoms with Crippen LogP contribution in [0.5, 0.6) is 0 Å². The van der Waals surface area contributed by atoms with E-state index in [2.05, 4.69) is 79.7 Å². The van der Waals surface area contributed by atoms with Crippen LogP contribution >= 0.6 is 46.4 Å². The summed E-state index contributed by atoms with van der Waals surface area (Å²) in [5.41, 5.74) is 4.91. The molecular formula is C32H32Cl4. The van der Waals surface area contributed by atoms with Gasteiger partial charge in [-0.15, -0.1) is 0 Å². The second-order valence-electron chi connectivity index (χ2n) is 11.4. The minimum Gasteiger partial charge on any atom is -0.0836 e. The molecule has 0 nitrogen and oxygen atoms in total. The van der Waals surface area contributed by atoms with Gasteiger partial charge in [-0.1, -0.05) is 102 Å². The van der Waals surface area contributed by atoms with Crippen LogP contribution < -0.4 is 0 Å². The van der Waals surface area contributed by atoms with Gasteiger partial charge in [0.2, 0.25) is 0 Å². The quantitative estimate of drug-likeness (QED) is 0.152. The highest BCUT2D eigenvalue weighted by molar-refractivity contribution is 6.53. The van der Waals surface area contributed by atoms with Crippen LogP contribution in [0.25, 0.3) is 43.1 Å². The molecule has 0 heterocycles. The highest BCUT2D eigenvalue weighted by atomic mass is 35.5. The summed E-state index contributed by atoms with van der Waals surface area (Å²) in [6.45, 7) is 17.7. The van der Waals surface area contributed by atoms with Gasteiger partial charge in [0.25, 0.3) is 0 Å². The van der Waals surface area contributed by atoms with Gasteiger partial charge in [-0.3, -0.25) is 0 Å². The third-order valence-electron chi connectivity index (χ3n) is 7.73. The van der Waals surface area contributed by atoms with Gasteiger partial charge in [-0.25, -0.2) is 0 Å². The van der Waals surface area contributed by atoms with Crippen molar-refractivity contribution in [2.45, 2.75) is 79.1 Å². The Bertz CT molecular complexity index is 1430. The predicted octanol–water partition coefficient (Wildman–Crippen LogP) is 12.8. The SMILES string of the molecule is CC(C)c1cc(Cl)c2c3c(Cl)cc(C(C)C)c4c(C(C)C)cc(Cl)c(c5c(Cl)cc(C(C)C)c1c25)c43. The highest BCUT2D eigenvalue weighted by Gasteiger charge is 2.28. The normalized spacial score (nSPS) is 12.9. The number of fused-ring (bicyclic) bond motifs is 2. The van der Waals surface area contributed by atoms with E-state index in [1.165, 1.54) is 33.0 Å². The van der Waals surface area contributed by atoms with E-state index < -0.39 is 0 Å². The van der Waals surface area contributed by atoms with Crippen molar-refractivity contribution < 1.29 is 0 Å². The lowest BCUT2D eigenvalue weighted by atomic mass is 9.79. The average molecular weight is 558 g/mol. The predicted molar refractivity (Wildman–Crippen MR) is 164 cm³/mol. The molecule has 0 N–H and O–H groups in total. The topological polar surface area (TPSA) is 0 Å². The number of hydrogen-bond acceptors (Lipinski definition) is 0. The van der Waals surface area contributed by atoms with E-state index in [0.717, 1.165) is 32.3 Å². The van der Waals surface area contributed by atoms with Gasteiger partial charge in [0.15, 0.2) is 0 Å². The van der Waals surface area contributed by atoms with E-state index >= 15 is 0 Å². The van der Waals surface area contributed by atoms with Crippen LogP contribution in [0.2, 0.25) is 20.1 Å². The second-order valence-corrected chi connectivity index (χ2v) is 13.0. The van der Waals surface area contributed by atoms with Crippen molar-refractivity contribution in [2.75, 3.05) is 0 Å². The Morgan fingerprint density at radius 2 is 0.528 bits per heavy atom. The molecule has 0 aliphatic heterocycles. The van der Waals surface area contributed by atoms with Crippen LogP contribution in [0.1, 0.15) is 101 Å². The Balaban J connectivity index is 2.28. The van der Waals surface area contributed by atoms with Crippen molar-refractivity contribution in [1.82, 2.24) is 0 Å². The molecule has 188 valence electrons. The molecule has 5 rings (SSSR count). The zero-order valence-corrected chi connectivity index (χ0v) is 25.2. The summed E-state index contributed by atoms with van der Waals surface area (Å²) in [5.74, 6) is 1.17. The van der Waals surface area contributed by atoms with Gasteiger partial charge in [-0.2, -0.15) is 0 Å². The Kier molecular flexibility index (Phi) is 6.61. The van der Waals surface area contributed by atoms with Crippen molar-refractivity contribution in [2.24, 2.45) is 0 Å². The van der Waals surface area contributed by atoms with Crippen LogP contribution in [0.3, 0.4) is 0 Å². The molecule has 0 aliphatic carbocycles. The third kappa shape index (κ3) is 3.63. The lowest BCUT2D eigenvalue weighted by Gasteiger charge is -2.27. The molecule has 0 aromatic heterocycles. The Morgan fingerprint density at radius 3 is 0.694 bits per heavy atom. The van der Waals surface area contributed by atoms with Crippen molar-refractivity contribution in [3.8, 4) is 0 Å². The molecule has 0 spiro atoms. The summed E-state index contributed by atoms with van der Waals surface area (Å²) in [5, 5.41) is 11.4. The molecule has 0 atom stereocenters. The molecule has 4 heteroatoms. The van der Waals surface area contributed by atoms with Crippen molar-refractivity contribution >= 4 is 89.5 Å². The largest absolute Gasteiger partial charge is 0.0836 e. The highest BCUT2D eigenvalue weighted by Crippen LogP contribution is 2.54. The lowest BCUT2D eigenvalue weighted by molar-refractivity contribution is 0.854. The monoisotopic (exact) mass is 556 g/mol. The molecule has 0 amide bonds. The standard InChI is InChI=1S/C32H32Cl4/c1-13(2)17-9-21(33)27-29-23(35)11-19(15(5)6)26-20(16(7)8)12-24(36)30(32(26)29)28-22(34)10-18(14(3)4)25(17)31(27)28/h9-16H,1-8H3. The molecule has 0 aliphatic rings. The fourth-order valence-corrected chi connectivity index (χ4v) is 7.29. The molecule has 5 aromatic rings. The van der Waals surface area contributed by atoms with Gasteiger partial charge in [0.05, 0.1) is 0 Å². The van der Waals surface area contributed by atoms with E-state index in [9.17, 15) is 0 Å². The summed E-state index contributed by atoms with van der Waals surface area (Å²) >= 11 is 28.7. The van der Waals surface area contributed by atoms with Crippen molar-refractivity contribution in [1.29, 1.82) is 0 Å². The molecule has 0 radical (unpaired) electrons. The molecule has 0 saturated carbocycles. The molecule has 0 saturated heterocycles. The van der Waals surface area contributed by atoms with Gasteiger partial charge < -0.3 is 0 Å². The maximum absolute atomic E-state index is 7.18. The zero-order valence-electron chi connectivity index (χ0n) is 22.1. The van der Waals surface area contributed by atoms with Crippen LogP contribution in [0, 0.1) is 0 Å². The molecule has 5 aromatic carbocycles. The number of halogens is 4. The van der Waals surface area contributed by atoms with Crippen LogP contribution in [0.15, 0.2) is 24.3 Å². The van der Waals surface area contributed by atoms with Gasteiger partial charge >= 0.3 is 0 Å². The first-order chi connectivity index (χ1) is 16.9. The van der Waals surface area contributed by atoms with Gasteiger partial charge in [0.1, 0.15) is 0 Å². The first-order valence-corrected chi connectivity index (χ1v) is 14.4. The molecule has 0 fully saturated rings. The molecule has 0 bridgehead atoms. The summed E-state index contributed by atoms with van der Waals surface area (Å²) in [4.78, 5) is 0. The Labute approximate surface area is 234 Å². The average Bonchev–Trinajstić information content (AvgIpc) is 2.79. The second kappa shape index (κ2) is 9.09. The van der Waals surface area contributed by atoms with Crippen LogP contribution in [-0.2, 0) is 0 Å². The van der Waals surface area contributed by atoms with E-state index in [1.54, 1.807) is 0 Å². The van der Waals surface area contributed by atoms with E-state index in [-0.39, 0.29) is 0 Å². The van der Waals surface area contributed by atoms with Crippen molar-refractivity contribution in [3.05, 3.63) is 66.6 Å². The smallest absolute Gasteiger partial charge is 0.0494 e. The summed E-state index contributed by atoms with van der Waals surface area (Å²) in [6.07, 6.45) is 0. The molecule has 0 unspecified atom stereocenters. The van der Waals surface area contributed by atoms with Crippen LogP contribution in [-0.4, -0.2) is 0 Å². The minimum atomic E-state index is 0.294. The third-order valence-corrected chi connectivity index (χ3v) is 8.92. The van der Waals surface area contributed by atoms with Gasteiger partial charge in [-0.05, 0) is 81.0 Å². The number of rotatable bonds is 4. The molecule has 36 heavy (non-hydrogen) atoms. The first-order valence-electron chi connectivity index (χ1n) is 12.8. The fraction of sp³-hybridized carbons (Fsp3) is 0.375. The maximum Gasteiger partial charge on any atom is 0.0494 e. The van der Waals surface area contributed by atoms with Crippen LogP contribution in [0.4, 0.5) is 0 Å². The van der Waals surface area contributed by atoms with Gasteiger partial charge in [0, 0.05) is 52.4 Å². The summed E-state index contributed by atoms with van der Waals surface area (Å²) in [6, 6.07) is 8.57. The summed E-state index contributed by atoms with van der Waals surface area (Å²) < 4.78 is 0.